The lowest BCUT2D eigenvalue weighted by Gasteiger charge is -2.08. The van der Waals surface area contributed by atoms with E-state index in [1.807, 2.05) is 0 Å². The van der Waals surface area contributed by atoms with Gasteiger partial charge in [-0.05, 0) is 20.8 Å². The lowest BCUT2D eigenvalue weighted by atomic mass is 10.4. The summed E-state index contributed by atoms with van der Waals surface area (Å²) in [4.78, 5) is 23.6. The average Bonchev–Trinajstić information content (AvgIpc) is 2.88. The second-order valence-electron chi connectivity index (χ2n) is 4.25. The van der Waals surface area contributed by atoms with Gasteiger partial charge in [-0.3, -0.25) is 4.79 Å². The van der Waals surface area contributed by atoms with Gasteiger partial charge in [0, 0.05) is 12.1 Å². The zero-order chi connectivity index (χ0) is 14.7. The molecular formula is C14H17NO5. The van der Waals surface area contributed by atoms with E-state index in [0.29, 0.717) is 23.5 Å². The third-order valence-corrected chi connectivity index (χ3v) is 2.79. The number of aryl methyl sites for hydroxylation is 1. The van der Waals surface area contributed by atoms with Crippen LogP contribution in [-0.2, 0) is 20.8 Å². The van der Waals surface area contributed by atoms with Crippen LogP contribution in [-0.4, -0.2) is 29.7 Å². The normalized spacial score (nSPS) is 10.8. The fourth-order valence-corrected chi connectivity index (χ4v) is 2.05. The van der Waals surface area contributed by atoms with E-state index in [-0.39, 0.29) is 18.8 Å². The molecule has 2 aromatic rings. The SMILES string of the molecule is CCOC(=O)Cn1c(C(=O)OCC)cc2oc(C)cc21. The highest BCUT2D eigenvalue weighted by atomic mass is 16.5. The van der Waals surface area contributed by atoms with Gasteiger partial charge in [-0.15, -0.1) is 0 Å². The molecule has 20 heavy (non-hydrogen) atoms. The van der Waals surface area contributed by atoms with Crippen molar-refractivity contribution in [3.63, 3.8) is 0 Å². The molecule has 0 radical (unpaired) electrons. The van der Waals surface area contributed by atoms with E-state index >= 15 is 0 Å². The maximum atomic E-state index is 11.9. The first-order valence-electron chi connectivity index (χ1n) is 6.49. The molecule has 6 nitrogen and oxygen atoms in total. The summed E-state index contributed by atoms with van der Waals surface area (Å²) in [6.45, 7) is 5.78. The molecule has 0 fully saturated rings. The van der Waals surface area contributed by atoms with Crippen molar-refractivity contribution in [2.75, 3.05) is 13.2 Å². The summed E-state index contributed by atoms with van der Waals surface area (Å²) in [6.07, 6.45) is 0. The molecule has 0 aliphatic rings. The Kier molecular flexibility index (Phi) is 4.12. The number of carbonyl (C=O) groups is 2. The quantitative estimate of drug-likeness (QED) is 0.785. The molecule has 0 atom stereocenters. The molecule has 0 aliphatic heterocycles. The molecular weight excluding hydrogens is 262 g/mol. The molecule has 2 heterocycles. The standard InChI is InChI=1S/C14H17NO5/c1-4-18-13(16)8-15-10-6-9(3)20-12(10)7-11(15)14(17)19-5-2/h6-7H,4-5,8H2,1-3H3. The molecule has 0 amide bonds. The van der Waals surface area contributed by atoms with Gasteiger partial charge in [-0.1, -0.05) is 0 Å². The van der Waals surface area contributed by atoms with Crippen molar-refractivity contribution in [1.29, 1.82) is 0 Å². The summed E-state index contributed by atoms with van der Waals surface area (Å²) in [5.41, 5.74) is 1.52. The Balaban J connectivity index is 2.42. The Morgan fingerprint density at radius 3 is 2.55 bits per heavy atom. The van der Waals surface area contributed by atoms with E-state index in [1.165, 1.54) is 0 Å². The molecule has 0 N–H and O–H groups in total. The van der Waals surface area contributed by atoms with Crippen molar-refractivity contribution in [3.05, 3.63) is 23.6 Å². The highest BCUT2D eigenvalue weighted by molar-refractivity contribution is 5.95. The minimum absolute atomic E-state index is 0.0511. The van der Waals surface area contributed by atoms with E-state index in [4.69, 9.17) is 13.9 Å². The molecule has 6 heteroatoms. The Labute approximate surface area is 116 Å². The number of ether oxygens (including phenoxy) is 2. The molecule has 0 bridgehead atoms. The Hall–Kier alpha value is -2.24. The lowest BCUT2D eigenvalue weighted by molar-refractivity contribution is -0.143. The number of hydrogen-bond acceptors (Lipinski definition) is 5. The van der Waals surface area contributed by atoms with Crippen LogP contribution in [0.2, 0.25) is 0 Å². The largest absolute Gasteiger partial charge is 0.465 e. The molecule has 0 saturated heterocycles. The zero-order valence-corrected chi connectivity index (χ0v) is 11.8. The minimum Gasteiger partial charge on any atom is -0.465 e. The van der Waals surface area contributed by atoms with Gasteiger partial charge >= 0.3 is 11.9 Å². The third kappa shape index (κ3) is 2.68. The van der Waals surface area contributed by atoms with E-state index in [0.717, 1.165) is 0 Å². The van der Waals surface area contributed by atoms with Crippen molar-refractivity contribution in [1.82, 2.24) is 4.57 Å². The molecule has 0 aliphatic carbocycles. The topological polar surface area (TPSA) is 70.7 Å². The van der Waals surface area contributed by atoms with Crippen LogP contribution in [0.25, 0.3) is 11.1 Å². The van der Waals surface area contributed by atoms with Gasteiger partial charge in [0.2, 0.25) is 0 Å². The van der Waals surface area contributed by atoms with Crippen LogP contribution in [0.1, 0.15) is 30.1 Å². The Bertz CT molecular complexity index is 637. The maximum Gasteiger partial charge on any atom is 0.355 e. The Morgan fingerprint density at radius 2 is 1.90 bits per heavy atom. The summed E-state index contributed by atoms with van der Waals surface area (Å²) < 4.78 is 16.9. The summed E-state index contributed by atoms with van der Waals surface area (Å²) in [5.74, 6) is -0.182. The van der Waals surface area contributed by atoms with Crippen molar-refractivity contribution in [2.24, 2.45) is 0 Å². The van der Waals surface area contributed by atoms with E-state index < -0.39 is 11.9 Å². The van der Waals surface area contributed by atoms with Crippen LogP contribution in [0.4, 0.5) is 0 Å². The fourth-order valence-electron chi connectivity index (χ4n) is 2.05. The monoisotopic (exact) mass is 279 g/mol. The summed E-state index contributed by atoms with van der Waals surface area (Å²) in [7, 11) is 0. The van der Waals surface area contributed by atoms with Gasteiger partial charge in [0.1, 0.15) is 18.0 Å². The third-order valence-electron chi connectivity index (χ3n) is 2.79. The van der Waals surface area contributed by atoms with Gasteiger partial charge in [0.05, 0.1) is 18.7 Å². The molecule has 0 unspecified atom stereocenters. The summed E-state index contributed by atoms with van der Waals surface area (Å²) in [5, 5.41) is 0. The van der Waals surface area contributed by atoms with Gasteiger partial charge < -0.3 is 18.5 Å². The number of esters is 2. The lowest BCUT2D eigenvalue weighted by Crippen LogP contribution is -2.18. The molecule has 2 rings (SSSR count). The zero-order valence-electron chi connectivity index (χ0n) is 11.8. The van der Waals surface area contributed by atoms with Crippen LogP contribution in [0.3, 0.4) is 0 Å². The first-order chi connectivity index (χ1) is 9.56. The van der Waals surface area contributed by atoms with Gasteiger partial charge in [-0.2, -0.15) is 0 Å². The van der Waals surface area contributed by atoms with Crippen LogP contribution in [0.15, 0.2) is 16.5 Å². The summed E-state index contributed by atoms with van der Waals surface area (Å²) >= 11 is 0. The summed E-state index contributed by atoms with van der Waals surface area (Å²) in [6, 6.07) is 3.36. The van der Waals surface area contributed by atoms with Crippen molar-refractivity contribution in [2.45, 2.75) is 27.3 Å². The maximum absolute atomic E-state index is 11.9. The van der Waals surface area contributed by atoms with E-state index in [9.17, 15) is 9.59 Å². The smallest absolute Gasteiger partial charge is 0.355 e. The van der Waals surface area contributed by atoms with Crippen molar-refractivity contribution >= 4 is 23.0 Å². The number of hydrogen-bond donors (Lipinski definition) is 0. The van der Waals surface area contributed by atoms with Crippen LogP contribution < -0.4 is 0 Å². The number of rotatable bonds is 5. The fraction of sp³-hybridized carbons (Fsp3) is 0.429. The molecule has 108 valence electrons. The highest BCUT2D eigenvalue weighted by Crippen LogP contribution is 2.24. The van der Waals surface area contributed by atoms with Crippen LogP contribution in [0, 0.1) is 6.92 Å². The molecule has 0 saturated carbocycles. The van der Waals surface area contributed by atoms with Crippen LogP contribution in [0.5, 0.6) is 0 Å². The van der Waals surface area contributed by atoms with Gasteiger partial charge in [0.25, 0.3) is 0 Å². The second-order valence-corrected chi connectivity index (χ2v) is 4.25. The van der Waals surface area contributed by atoms with Crippen molar-refractivity contribution < 1.29 is 23.5 Å². The number of furan rings is 1. The first-order valence-corrected chi connectivity index (χ1v) is 6.49. The predicted octanol–water partition coefficient (Wildman–Crippen LogP) is 2.28. The first kappa shape index (κ1) is 14.2. The molecule has 0 spiro atoms. The number of aromatic nitrogens is 1. The van der Waals surface area contributed by atoms with Gasteiger partial charge in [0.15, 0.2) is 5.58 Å². The second kappa shape index (κ2) is 5.81. The molecule has 2 aromatic heterocycles. The van der Waals surface area contributed by atoms with E-state index in [1.54, 1.807) is 37.5 Å². The van der Waals surface area contributed by atoms with E-state index in [2.05, 4.69) is 0 Å². The minimum atomic E-state index is -0.485. The predicted molar refractivity (Wildman–Crippen MR) is 71.5 cm³/mol. The highest BCUT2D eigenvalue weighted by Gasteiger charge is 2.21. The average molecular weight is 279 g/mol. The number of carbonyl (C=O) groups excluding carboxylic acids is 2. The van der Waals surface area contributed by atoms with Crippen molar-refractivity contribution in [3.8, 4) is 0 Å². The number of fused-ring (bicyclic) bond motifs is 1. The Morgan fingerprint density at radius 1 is 1.20 bits per heavy atom. The van der Waals surface area contributed by atoms with Crippen LogP contribution >= 0.6 is 0 Å². The molecule has 0 aromatic carbocycles. The number of nitrogens with zero attached hydrogens (tertiary/aromatic N) is 1. The van der Waals surface area contributed by atoms with Gasteiger partial charge in [-0.25, -0.2) is 4.79 Å².